The Kier molecular flexibility index (Phi) is 3.43. The first kappa shape index (κ1) is 11.7. The van der Waals surface area contributed by atoms with Crippen molar-refractivity contribution in [2.45, 2.75) is 6.92 Å². The molecule has 2 aromatic heterocycles. The Balaban J connectivity index is 2.27. The monoisotopic (exact) mass is 235 g/mol. The minimum Gasteiger partial charge on any atom is -0.396 e. The molecule has 0 amide bonds. The number of nitrogens with one attached hydrogen (secondary N) is 2. The van der Waals surface area contributed by atoms with Gasteiger partial charge in [-0.05, 0) is 5.92 Å². The maximum atomic E-state index is 8.99. The van der Waals surface area contributed by atoms with E-state index >= 15 is 0 Å². The van der Waals surface area contributed by atoms with Gasteiger partial charge in [0.1, 0.15) is 5.82 Å². The van der Waals surface area contributed by atoms with Crippen LogP contribution in [0.15, 0.2) is 18.6 Å². The molecule has 3 N–H and O–H groups in total. The van der Waals surface area contributed by atoms with E-state index in [-0.39, 0.29) is 12.5 Å². The lowest BCUT2D eigenvalue weighted by molar-refractivity contribution is 0.244. The third kappa shape index (κ3) is 2.47. The molecule has 2 rings (SSSR count). The van der Waals surface area contributed by atoms with Crippen LogP contribution >= 0.6 is 0 Å². The van der Waals surface area contributed by atoms with Crippen molar-refractivity contribution in [3.8, 4) is 0 Å². The van der Waals surface area contributed by atoms with E-state index in [2.05, 4.69) is 20.6 Å². The summed E-state index contributed by atoms with van der Waals surface area (Å²) in [5.74, 6) is 1.68. The summed E-state index contributed by atoms with van der Waals surface area (Å²) in [6.45, 7) is 2.79. The number of imidazole rings is 1. The molecule has 2 heterocycles. The first-order valence-electron chi connectivity index (χ1n) is 5.60. The van der Waals surface area contributed by atoms with Gasteiger partial charge in [0.15, 0.2) is 11.5 Å². The molecule has 0 fully saturated rings. The predicted molar refractivity (Wildman–Crippen MR) is 67.3 cm³/mol. The molecule has 17 heavy (non-hydrogen) atoms. The number of anilines is 2. The van der Waals surface area contributed by atoms with Gasteiger partial charge in [-0.25, -0.2) is 9.97 Å². The maximum absolute atomic E-state index is 8.99. The minimum atomic E-state index is 0.156. The standard InChI is InChI=1S/C11H17N5O/c1-8(7-17)5-14-10-11-13-3-4-16(11)6-9(12-2)15-10/h3-4,6,8,12,17H,5,7H2,1-2H3,(H,14,15). The number of fused-ring (bicyclic) bond motifs is 1. The van der Waals surface area contributed by atoms with E-state index < -0.39 is 0 Å². The topological polar surface area (TPSA) is 74.5 Å². The van der Waals surface area contributed by atoms with Crippen molar-refractivity contribution in [3.63, 3.8) is 0 Å². The molecular weight excluding hydrogens is 218 g/mol. The van der Waals surface area contributed by atoms with Crippen molar-refractivity contribution >= 4 is 17.3 Å². The van der Waals surface area contributed by atoms with Crippen molar-refractivity contribution in [2.24, 2.45) is 5.92 Å². The summed E-state index contributed by atoms with van der Waals surface area (Å²) in [5.41, 5.74) is 0.786. The van der Waals surface area contributed by atoms with Crippen LogP contribution in [0.25, 0.3) is 5.65 Å². The highest BCUT2D eigenvalue weighted by atomic mass is 16.3. The van der Waals surface area contributed by atoms with Crippen molar-refractivity contribution in [3.05, 3.63) is 18.6 Å². The smallest absolute Gasteiger partial charge is 0.180 e. The number of aromatic nitrogens is 3. The average molecular weight is 235 g/mol. The van der Waals surface area contributed by atoms with Crippen molar-refractivity contribution in [1.29, 1.82) is 0 Å². The summed E-state index contributed by atoms with van der Waals surface area (Å²) < 4.78 is 1.91. The van der Waals surface area contributed by atoms with E-state index in [1.807, 2.05) is 30.8 Å². The fourth-order valence-electron chi connectivity index (χ4n) is 1.51. The van der Waals surface area contributed by atoms with Crippen LogP contribution < -0.4 is 10.6 Å². The zero-order valence-corrected chi connectivity index (χ0v) is 10.0. The van der Waals surface area contributed by atoms with Crippen LogP contribution in [0, 0.1) is 5.92 Å². The lowest BCUT2D eigenvalue weighted by atomic mass is 10.2. The van der Waals surface area contributed by atoms with E-state index in [0.29, 0.717) is 6.54 Å². The van der Waals surface area contributed by atoms with Crippen molar-refractivity contribution in [2.75, 3.05) is 30.8 Å². The molecule has 0 aliphatic rings. The van der Waals surface area contributed by atoms with E-state index in [4.69, 9.17) is 5.11 Å². The average Bonchev–Trinajstić information content (AvgIpc) is 2.83. The van der Waals surface area contributed by atoms with Gasteiger partial charge in [-0.2, -0.15) is 0 Å². The molecule has 92 valence electrons. The van der Waals surface area contributed by atoms with Crippen molar-refractivity contribution in [1.82, 2.24) is 14.4 Å². The third-order valence-corrected chi connectivity index (χ3v) is 2.56. The van der Waals surface area contributed by atoms with Gasteiger partial charge < -0.3 is 20.1 Å². The molecule has 0 aromatic carbocycles. The van der Waals surface area contributed by atoms with Gasteiger partial charge >= 0.3 is 0 Å². The van der Waals surface area contributed by atoms with Crippen LogP contribution in [0.2, 0.25) is 0 Å². The molecule has 0 aliphatic carbocycles. The molecule has 6 heteroatoms. The highest BCUT2D eigenvalue weighted by molar-refractivity contribution is 5.65. The van der Waals surface area contributed by atoms with Crippen LogP contribution in [-0.4, -0.2) is 39.7 Å². The number of aliphatic hydroxyl groups excluding tert-OH is 1. The molecule has 0 saturated carbocycles. The summed E-state index contributed by atoms with van der Waals surface area (Å²) in [6.07, 6.45) is 5.48. The second kappa shape index (κ2) is 5.01. The Hall–Kier alpha value is -1.82. The van der Waals surface area contributed by atoms with Gasteiger partial charge in [-0.1, -0.05) is 6.92 Å². The number of aliphatic hydroxyl groups is 1. The van der Waals surface area contributed by atoms with Crippen LogP contribution in [0.5, 0.6) is 0 Å². The lowest BCUT2D eigenvalue weighted by Gasteiger charge is -2.12. The molecule has 6 nitrogen and oxygen atoms in total. The molecule has 0 saturated heterocycles. The van der Waals surface area contributed by atoms with Gasteiger partial charge in [-0.15, -0.1) is 0 Å². The maximum Gasteiger partial charge on any atom is 0.180 e. The van der Waals surface area contributed by atoms with Gasteiger partial charge in [0.2, 0.25) is 0 Å². The van der Waals surface area contributed by atoms with E-state index in [0.717, 1.165) is 17.3 Å². The zero-order chi connectivity index (χ0) is 12.3. The highest BCUT2D eigenvalue weighted by Crippen LogP contribution is 2.16. The molecule has 1 unspecified atom stereocenters. The number of hydrogen-bond donors (Lipinski definition) is 3. The SMILES string of the molecule is CNc1cn2ccnc2c(NCC(C)CO)n1. The summed E-state index contributed by atoms with van der Waals surface area (Å²) >= 11 is 0. The molecule has 2 aromatic rings. The molecule has 0 bridgehead atoms. The number of rotatable bonds is 5. The minimum absolute atomic E-state index is 0.156. The summed E-state index contributed by atoms with van der Waals surface area (Å²) in [7, 11) is 1.82. The number of nitrogens with zero attached hydrogens (tertiary/aromatic N) is 3. The normalized spacial score (nSPS) is 12.6. The quantitative estimate of drug-likeness (QED) is 0.715. The van der Waals surface area contributed by atoms with Gasteiger partial charge in [0.25, 0.3) is 0 Å². The van der Waals surface area contributed by atoms with Crippen molar-refractivity contribution < 1.29 is 5.11 Å². The second-order valence-corrected chi connectivity index (χ2v) is 4.05. The zero-order valence-electron chi connectivity index (χ0n) is 10.0. The summed E-state index contributed by atoms with van der Waals surface area (Å²) in [5, 5.41) is 15.2. The van der Waals surface area contributed by atoms with Gasteiger partial charge in [0, 0.05) is 32.6 Å². The van der Waals surface area contributed by atoms with Gasteiger partial charge in [0.05, 0.1) is 6.20 Å². The highest BCUT2D eigenvalue weighted by Gasteiger charge is 2.07. The van der Waals surface area contributed by atoms with Crippen LogP contribution in [0.3, 0.4) is 0 Å². The Morgan fingerprint density at radius 1 is 1.53 bits per heavy atom. The number of hydrogen-bond acceptors (Lipinski definition) is 5. The van der Waals surface area contributed by atoms with E-state index in [1.54, 1.807) is 6.20 Å². The first-order valence-corrected chi connectivity index (χ1v) is 5.60. The Bertz CT molecular complexity index is 496. The van der Waals surface area contributed by atoms with E-state index in [1.165, 1.54) is 0 Å². The summed E-state index contributed by atoms with van der Waals surface area (Å²) in [4.78, 5) is 8.66. The van der Waals surface area contributed by atoms with Crippen LogP contribution in [0.1, 0.15) is 6.92 Å². The molecule has 1 atom stereocenters. The fraction of sp³-hybridized carbons (Fsp3) is 0.455. The molecule has 0 radical (unpaired) electrons. The fourth-order valence-corrected chi connectivity index (χ4v) is 1.51. The third-order valence-electron chi connectivity index (χ3n) is 2.56. The van der Waals surface area contributed by atoms with Crippen LogP contribution in [0.4, 0.5) is 11.6 Å². The second-order valence-electron chi connectivity index (χ2n) is 4.05. The van der Waals surface area contributed by atoms with Gasteiger partial charge in [-0.3, -0.25) is 0 Å². The van der Waals surface area contributed by atoms with E-state index in [9.17, 15) is 0 Å². The lowest BCUT2D eigenvalue weighted by Crippen LogP contribution is -2.16. The summed E-state index contributed by atoms with van der Waals surface area (Å²) in [6, 6.07) is 0. The largest absolute Gasteiger partial charge is 0.396 e. The molecular formula is C11H17N5O. The Morgan fingerprint density at radius 3 is 3.06 bits per heavy atom. The Morgan fingerprint density at radius 2 is 2.35 bits per heavy atom. The molecule has 0 aliphatic heterocycles. The first-order chi connectivity index (χ1) is 8.24. The predicted octanol–water partition coefficient (Wildman–Crippen LogP) is 0.811. The Labute approximate surface area is 99.7 Å². The molecule has 0 spiro atoms. The van der Waals surface area contributed by atoms with Crippen LogP contribution in [-0.2, 0) is 0 Å².